The summed E-state index contributed by atoms with van der Waals surface area (Å²) in [5, 5.41) is 3.09. The van der Waals surface area contributed by atoms with Crippen molar-refractivity contribution < 1.29 is 9.13 Å². The number of likely N-dealkylation sites (N-methyl/N-ethyl adjacent to an activating group) is 1. The lowest BCUT2D eigenvalue weighted by atomic mass is 9.89. The summed E-state index contributed by atoms with van der Waals surface area (Å²) in [5.74, 6) is 0.347. The zero-order valence-electron chi connectivity index (χ0n) is 10.2. The summed E-state index contributed by atoms with van der Waals surface area (Å²) in [4.78, 5) is 0. The minimum atomic E-state index is -0.504. The lowest BCUT2D eigenvalue weighted by molar-refractivity contribution is 0.345. The molecular formula is C12H19FN2O. The molecule has 0 aliphatic carbocycles. The van der Waals surface area contributed by atoms with Gasteiger partial charge in [0.15, 0.2) is 0 Å². The molecule has 1 atom stereocenters. The fraction of sp³-hybridized carbons (Fsp3) is 0.500. The number of methoxy groups -OCH3 is 1. The number of nitrogens with one attached hydrogen (secondary N) is 1. The Balaban J connectivity index is 3.23. The molecule has 1 unspecified atom stereocenters. The van der Waals surface area contributed by atoms with Crippen LogP contribution in [0.15, 0.2) is 18.2 Å². The van der Waals surface area contributed by atoms with E-state index in [0.29, 0.717) is 5.75 Å². The molecule has 3 N–H and O–H groups in total. The second-order valence-electron chi connectivity index (χ2n) is 4.43. The molecule has 0 aliphatic rings. The summed E-state index contributed by atoms with van der Waals surface area (Å²) < 4.78 is 18.5. The molecule has 1 aromatic carbocycles. The van der Waals surface area contributed by atoms with Crippen molar-refractivity contribution in [3.8, 4) is 5.75 Å². The van der Waals surface area contributed by atoms with Crippen LogP contribution in [0.25, 0.3) is 0 Å². The van der Waals surface area contributed by atoms with E-state index in [1.54, 1.807) is 20.2 Å². The van der Waals surface area contributed by atoms with E-state index in [1.165, 1.54) is 12.1 Å². The van der Waals surface area contributed by atoms with Crippen LogP contribution in [0.3, 0.4) is 0 Å². The lowest BCUT2D eigenvalue weighted by Crippen LogP contribution is -2.45. The van der Waals surface area contributed by atoms with Crippen molar-refractivity contribution >= 4 is 0 Å². The maximum Gasteiger partial charge on any atom is 0.123 e. The van der Waals surface area contributed by atoms with Gasteiger partial charge >= 0.3 is 0 Å². The Morgan fingerprint density at radius 1 is 1.44 bits per heavy atom. The third kappa shape index (κ3) is 2.71. The van der Waals surface area contributed by atoms with Crippen molar-refractivity contribution in [1.29, 1.82) is 0 Å². The molecule has 90 valence electrons. The Morgan fingerprint density at radius 2 is 2.06 bits per heavy atom. The number of benzene rings is 1. The maximum absolute atomic E-state index is 13.2. The van der Waals surface area contributed by atoms with Gasteiger partial charge in [0.1, 0.15) is 11.6 Å². The Bertz CT molecular complexity index is 361. The molecular weight excluding hydrogens is 207 g/mol. The topological polar surface area (TPSA) is 47.3 Å². The highest BCUT2D eigenvalue weighted by Crippen LogP contribution is 2.31. The van der Waals surface area contributed by atoms with E-state index in [1.807, 2.05) is 13.8 Å². The summed E-state index contributed by atoms with van der Waals surface area (Å²) in [6.45, 7) is 3.77. The summed E-state index contributed by atoms with van der Waals surface area (Å²) in [6, 6.07) is 4.27. The van der Waals surface area contributed by atoms with Gasteiger partial charge in [-0.1, -0.05) is 0 Å². The van der Waals surface area contributed by atoms with Crippen molar-refractivity contribution in [2.75, 3.05) is 14.2 Å². The van der Waals surface area contributed by atoms with Gasteiger partial charge < -0.3 is 15.8 Å². The molecule has 0 fully saturated rings. The van der Waals surface area contributed by atoms with Gasteiger partial charge in [-0.3, -0.25) is 0 Å². The zero-order valence-corrected chi connectivity index (χ0v) is 10.2. The van der Waals surface area contributed by atoms with Gasteiger partial charge in [-0.2, -0.15) is 0 Å². The number of nitrogens with two attached hydrogens (primary N) is 1. The van der Waals surface area contributed by atoms with Crippen molar-refractivity contribution in [3.63, 3.8) is 0 Å². The Hall–Kier alpha value is -1.13. The van der Waals surface area contributed by atoms with Gasteiger partial charge in [-0.25, -0.2) is 4.39 Å². The molecule has 0 amide bonds. The van der Waals surface area contributed by atoms with Crippen molar-refractivity contribution in [2.45, 2.75) is 25.4 Å². The van der Waals surface area contributed by atoms with Crippen LogP contribution in [-0.4, -0.2) is 19.7 Å². The van der Waals surface area contributed by atoms with Crippen molar-refractivity contribution in [3.05, 3.63) is 29.6 Å². The van der Waals surface area contributed by atoms with Crippen molar-refractivity contribution in [2.24, 2.45) is 5.73 Å². The van der Waals surface area contributed by atoms with Gasteiger partial charge in [0.2, 0.25) is 0 Å². The molecule has 3 nitrogen and oxygen atoms in total. The largest absolute Gasteiger partial charge is 0.496 e. The van der Waals surface area contributed by atoms with Gasteiger partial charge in [-0.15, -0.1) is 0 Å². The highest BCUT2D eigenvalue weighted by atomic mass is 19.1. The van der Waals surface area contributed by atoms with E-state index in [9.17, 15) is 4.39 Å². The minimum Gasteiger partial charge on any atom is -0.496 e. The molecule has 0 spiro atoms. The molecule has 0 aromatic heterocycles. The van der Waals surface area contributed by atoms with Crippen molar-refractivity contribution in [1.82, 2.24) is 5.32 Å². The fourth-order valence-electron chi connectivity index (χ4n) is 1.86. The molecule has 0 aliphatic heterocycles. The van der Waals surface area contributed by atoms with E-state index in [4.69, 9.17) is 10.5 Å². The zero-order chi connectivity index (χ0) is 12.3. The Labute approximate surface area is 95.8 Å². The van der Waals surface area contributed by atoms with Crippen LogP contribution in [0.2, 0.25) is 0 Å². The van der Waals surface area contributed by atoms with Gasteiger partial charge in [0, 0.05) is 11.1 Å². The number of rotatable bonds is 4. The maximum atomic E-state index is 13.2. The van der Waals surface area contributed by atoms with Crippen LogP contribution in [0.5, 0.6) is 5.75 Å². The summed E-state index contributed by atoms with van der Waals surface area (Å²) in [5.41, 5.74) is 6.29. The number of hydrogen-bond acceptors (Lipinski definition) is 3. The van der Waals surface area contributed by atoms with Gasteiger partial charge in [0.25, 0.3) is 0 Å². The van der Waals surface area contributed by atoms with E-state index >= 15 is 0 Å². The fourth-order valence-corrected chi connectivity index (χ4v) is 1.86. The Morgan fingerprint density at radius 3 is 2.50 bits per heavy atom. The van der Waals surface area contributed by atoms with E-state index < -0.39 is 5.54 Å². The SMILES string of the molecule is CNC(c1cc(F)ccc1OC)C(C)(C)N. The molecule has 0 radical (unpaired) electrons. The van der Waals surface area contributed by atoms with Crippen LogP contribution in [-0.2, 0) is 0 Å². The first kappa shape index (κ1) is 12.9. The van der Waals surface area contributed by atoms with Gasteiger partial charge in [-0.05, 0) is 39.1 Å². The second-order valence-corrected chi connectivity index (χ2v) is 4.43. The predicted molar refractivity (Wildman–Crippen MR) is 63.0 cm³/mol. The van der Waals surface area contributed by atoms with E-state index in [2.05, 4.69) is 5.32 Å². The molecule has 0 heterocycles. The molecule has 0 bridgehead atoms. The average Bonchev–Trinajstić information content (AvgIpc) is 2.17. The third-order valence-corrected chi connectivity index (χ3v) is 2.54. The van der Waals surface area contributed by atoms with E-state index in [-0.39, 0.29) is 11.9 Å². The first-order valence-electron chi connectivity index (χ1n) is 5.19. The molecule has 0 saturated heterocycles. The monoisotopic (exact) mass is 226 g/mol. The molecule has 0 saturated carbocycles. The highest BCUT2D eigenvalue weighted by molar-refractivity contribution is 5.38. The normalized spacial score (nSPS) is 13.6. The molecule has 1 aromatic rings. The average molecular weight is 226 g/mol. The Kier molecular flexibility index (Phi) is 3.88. The standard InChI is InChI=1S/C12H19FN2O/c1-12(2,14)11(15-3)9-7-8(13)5-6-10(9)16-4/h5-7,11,15H,14H2,1-4H3. The lowest BCUT2D eigenvalue weighted by Gasteiger charge is -2.31. The first-order valence-corrected chi connectivity index (χ1v) is 5.19. The molecule has 4 heteroatoms. The van der Waals surface area contributed by atoms with Crippen LogP contribution in [0.4, 0.5) is 4.39 Å². The van der Waals surface area contributed by atoms with Crippen LogP contribution < -0.4 is 15.8 Å². The van der Waals surface area contributed by atoms with E-state index in [0.717, 1.165) is 5.56 Å². The summed E-state index contributed by atoms with van der Waals surface area (Å²) in [7, 11) is 3.36. The summed E-state index contributed by atoms with van der Waals surface area (Å²) >= 11 is 0. The van der Waals surface area contributed by atoms with Crippen LogP contribution in [0, 0.1) is 5.82 Å². The number of ether oxygens (including phenoxy) is 1. The smallest absolute Gasteiger partial charge is 0.123 e. The second kappa shape index (κ2) is 4.80. The quantitative estimate of drug-likeness (QED) is 0.823. The number of halogens is 1. The molecule has 16 heavy (non-hydrogen) atoms. The highest BCUT2D eigenvalue weighted by Gasteiger charge is 2.28. The number of hydrogen-bond donors (Lipinski definition) is 2. The predicted octanol–water partition coefficient (Wildman–Crippen LogP) is 1.83. The third-order valence-electron chi connectivity index (χ3n) is 2.54. The van der Waals surface area contributed by atoms with Crippen LogP contribution in [0.1, 0.15) is 25.5 Å². The van der Waals surface area contributed by atoms with Gasteiger partial charge in [0.05, 0.1) is 13.2 Å². The first-order chi connectivity index (χ1) is 7.40. The van der Waals surface area contributed by atoms with Crippen LogP contribution >= 0.6 is 0 Å². The summed E-state index contributed by atoms with van der Waals surface area (Å²) in [6.07, 6.45) is 0. The molecule has 1 rings (SSSR count). The minimum absolute atomic E-state index is 0.168.